The van der Waals surface area contributed by atoms with Crippen LogP contribution in [0.25, 0.3) is 10.1 Å². The van der Waals surface area contributed by atoms with Crippen molar-refractivity contribution < 1.29 is 9.90 Å². The molecule has 112 valence electrons. The summed E-state index contributed by atoms with van der Waals surface area (Å²) in [6.07, 6.45) is 1.26. The zero-order valence-electron chi connectivity index (χ0n) is 12.1. The number of piperidine rings is 1. The van der Waals surface area contributed by atoms with E-state index in [-0.39, 0.29) is 18.2 Å². The van der Waals surface area contributed by atoms with Crippen LogP contribution in [0.5, 0.6) is 0 Å². The van der Waals surface area contributed by atoms with Gasteiger partial charge in [0.25, 0.3) is 0 Å². The lowest BCUT2D eigenvalue weighted by Crippen LogP contribution is -2.47. The van der Waals surface area contributed by atoms with Gasteiger partial charge in [-0.25, -0.2) is 4.79 Å². The highest BCUT2D eigenvalue weighted by molar-refractivity contribution is 7.17. The third-order valence-electron chi connectivity index (χ3n) is 4.00. The Kier molecular flexibility index (Phi) is 4.12. The van der Waals surface area contributed by atoms with Crippen molar-refractivity contribution in [3.05, 3.63) is 35.2 Å². The summed E-state index contributed by atoms with van der Waals surface area (Å²) in [5.41, 5.74) is 1.15. The van der Waals surface area contributed by atoms with Gasteiger partial charge >= 0.3 is 6.03 Å². The van der Waals surface area contributed by atoms with Gasteiger partial charge in [0.2, 0.25) is 0 Å². The van der Waals surface area contributed by atoms with E-state index in [2.05, 4.69) is 22.8 Å². The predicted molar refractivity (Wildman–Crippen MR) is 85.6 cm³/mol. The normalized spacial score (nSPS) is 20.5. The number of nitrogens with one attached hydrogen (secondary N) is 1. The molecule has 2 atom stereocenters. The molecule has 0 bridgehead atoms. The SMILES string of the molecule is C[C@H](NC(=O)N1CCC[C@H](O)C1)c1csc2ccccc12. The van der Waals surface area contributed by atoms with Gasteiger partial charge < -0.3 is 15.3 Å². The summed E-state index contributed by atoms with van der Waals surface area (Å²) in [6, 6.07) is 8.12. The van der Waals surface area contributed by atoms with Crippen LogP contribution in [-0.2, 0) is 0 Å². The summed E-state index contributed by atoms with van der Waals surface area (Å²) in [6.45, 7) is 3.16. The maximum absolute atomic E-state index is 12.3. The molecular weight excluding hydrogens is 284 g/mol. The maximum Gasteiger partial charge on any atom is 0.317 e. The van der Waals surface area contributed by atoms with Gasteiger partial charge in [0.1, 0.15) is 0 Å². The number of aliphatic hydroxyl groups is 1. The van der Waals surface area contributed by atoms with E-state index in [1.165, 1.54) is 10.1 Å². The van der Waals surface area contributed by atoms with Crippen LogP contribution in [0.2, 0.25) is 0 Å². The number of amides is 2. The van der Waals surface area contributed by atoms with Gasteiger partial charge in [0.05, 0.1) is 12.1 Å². The molecule has 4 nitrogen and oxygen atoms in total. The minimum atomic E-state index is -0.387. The highest BCUT2D eigenvalue weighted by Gasteiger charge is 2.23. The summed E-state index contributed by atoms with van der Waals surface area (Å²) >= 11 is 1.70. The summed E-state index contributed by atoms with van der Waals surface area (Å²) < 4.78 is 1.24. The number of nitrogens with zero attached hydrogens (tertiary/aromatic N) is 1. The van der Waals surface area contributed by atoms with Crippen LogP contribution in [0.3, 0.4) is 0 Å². The first-order valence-corrected chi connectivity index (χ1v) is 8.23. The fourth-order valence-electron chi connectivity index (χ4n) is 2.83. The molecule has 2 heterocycles. The van der Waals surface area contributed by atoms with E-state index in [0.717, 1.165) is 24.9 Å². The molecule has 1 aliphatic rings. The van der Waals surface area contributed by atoms with E-state index >= 15 is 0 Å². The number of likely N-dealkylation sites (tertiary alicyclic amines) is 1. The fraction of sp³-hybridized carbons (Fsp3) is 0.438. The average Bonchev–Trinajstić information content (AvgIpc) is 2.91. The Morgan fingerprint density at radius 1 is 1.48 bits per heavy atom. The number of thiophene rings is 1. The van der Waals surface area contributed by atoms with Crippen molar-refractivity contribution in [1.82, 2.24) is 10.2 Å². The molecular formula is C16H20N2O2S. The largest absolute Gasteiger partial charge is 0.391 e. The van der Waals surface area contributed by atoms with Gasteiger partial charge in [0, 0.05) is 17.8 Å². The maximum atomic E-state index is 12.3. The van der Waals surface area contributed by atoms with Gasteiger partial charge in [0.15, 0.2) is 0 Å². The molecule has 0 saturated carbocycles. The number of fused-ring (bicyclic) bond motifs is 1. The first-order valence-electron chi connectivity index (χ1n) is 7.35. The van der Waals surface area contributed by atoms with E-state index < -0.39 is 0 Å². The number of urea groups is 1. The summed E-state index contributed by atoms with van der Waals surface area (Å²) in [5.74, 6) is 0. The standard InChI is InChI=1S/C16H20N2O2S/c1-11(14-10-21-15-7-3-2-6-13(14)15)17-16(20)18-8-4-5-12(19)9-18/h2-3,6-7,10-12,19H,4-5,8-9H2,1H3,(H,17,20)/t11-,12-/m0/s1. The van der Waals surface area contributed by atoms with Crippen LogP contribution in [0.4, 0.5) is 4.79 Å². The molecule has 2 aromatic rings. The zero-order valence-corrected chi connectivity index (χ0v) is 12.9. The molecule has 1 aliphatic heterocycles. The minimum Gasteiger partial charge on any atom is -0.391 e. The van der Waals surface area contributed by atoms with Gasteiger partial charge in [-0.15, -0.1) is 11.3 Å². The molecule has 5 heteroatoms. The minimum absolute atomic E-state index is 0.0345. The van der Waals surface area contributed by atoms with E-state index in [1.54, 1.807) is 16.2 Å². The lowest BCUT2D eigenvalue weighted by atomic mass is 10.1. The highest BCUT2D eigenvalue weighted by Crippen LogP contribution is 2.30. The Morgan fingerprint density at radius 3 is 3.10 bits per heavy atom. The predicted octanol–water partition coefficient (Wildman–Crippen LogP) is 3.13. The lowest BCUT2D eigenvalue weighted by Gasteiger charge is -2.31. The topological polar surface area (TPSA) is 52.6 Å². The molecule has 1 aromatic carbocycles. The van der Waals surface area contributed by atoms with E-state index in [1.807, 2.05) is 19.1 Å². The second-order valence-electron chi connectivity index (χ2n) is 5.60. The van der Waals surface area contributed by atoms with Crippen LogP contribution >= 0.6 is 11.3 Å². The highest BCUT2D eigenvalue weighted by atomic mass is 32.1. The van der Waals surface area contributed by atoms with Gasteiger partial charge in [-0.1, -0.05) is 18.2 Å². The molecule has 1 saturated heterocycles. The number of hydrogen-bond acceptors (Lipinski definition) is 3. The van der Waals surface area contributed by atoms with Crippen LogP contribution in [0.1, 0.15) is 31.4 Å². The number of carbonyl (C=O) groups excluding carboxylic acids is 1. The van der Waals surface area contributed by atoms with Gasteiger partial charge in [-0.05, 0) is 42.2 Å². The molecule has 1 aromatic heterocycles. The van der Waals surface area contributed by atoms with Crippen molar-refractivity contribution in [2.75, 3.05) is 13.1 Å². The van der Waals surface area contributed by atoms with E-state index in [9.17, 15) is 9.90 Å². The third-order valence-corrected chi connectivity index (χ3v) is 4.98. The zero-order chi connectivity index (χ0) is 14.8. The molecule has 0 unspecified atom stereocenters. The average molecular weight is 304 g/mol. The Labute approximate surface area is 128 Å². The summed E-state index contributed by atoms with van der Waals surface area (Å²) in [7, 11) is 0. The second kappa shape index (κ2) is 6.03. The van der Waals surface area contributed by atoms with Crippen molar-refractivity contribution in [2.24, 2.45) is 0 Å². The quantitative estimate of drug-likeness (QED) is 0.895. The molecule has 1 fully saturated rings. The molecule has 21 heavy (non-hydrogen) atoms. The van der Waals surface area contributed by atoms with Crippen molar-refractivity contribution in [2.45, 2.75) is 31.9 Å². The number of benzene rings is 1. The van der Waals surface area contributed by atoms with Crippen molar-refractivity contribution in [1.29, 1.82) is 0 Å². The first-order chi connectivity index (χ1) is 10.1. The van der Waals surface area contributed by atoms with Crippen LogP contribution in [0, 0.1) is 0 Å². The third kappa shape index (κ3) is 3.04. The van der Waals surface area contributed by atoms with Crippen molar-refractivity contribution in [3.8, 4) is 0 Å². The monoisotopic (exact) mass is 304 g/mol. The van der Waals surface area contributed by atoms with E-state index in [4.69, 9.17) is 0 Å². The number of carbonyl (C=O) groups is 1. The van der Waals surface area contributed by atoms with Crippen LogP contribution in [-0.4, -0.2) is 35.2 Å². The molecule has 0 radical (unpaired) electrons. The Balaban J connectivity index is 1.71. The number of hydrogen-bond donors (Lipinski definition) is 2. The lowest BCUT2D eigenvalue weighted by molar-refractivity contribution is 0.0835. The Hall–Kier alpha value is -1.59. The Morgan fingerprint density at radius 2 is 2.29 bits per heavy atom. The van der Waals surface area contributed by atoms with Gasteiger partial charge in [-0.2, -0.15) is 0 Å². The number of β-amino-alcohol motifs (C(OH)–C–C–N with tert-alkyl or cyclic N) is 1. The molecule has 0 spiro atoms. The van der Waals surface area contributed by atoms with Crippen molar-refractivity contribution in [3.63, 3.8) is 0 Å². The van der Waals surface area contributed by atoms with Gasteiger partial charge in [-0.3, -0.25) is 0 Å². The van der Waals surface area contributed by atoms with E-state index in [0.29, 0.717) is 6.54 Å². The molecule has 3 rings (SSSR count). The van der Waals surface area contributed by atoms with Crippen LogP contribution in [0.15, 0.2) is 29.6 Å². The number of rotatable bonds is 2. The van der Waals surface area contributed by atoms with Crippen molar-refractivity contribution >= 4 is 27.5 Å². The molecule has 0 aliphatic carbocycles. The Bertz CT molecular complexity index is 640. The summed E-state index contributed by atoms with van der Waals surface area (Å²) in [4.78, 5) is 14.0. The number of aliphatic hydroxyl groups excluding tert-OH is 1. The molecule has 2 amide bonds. The first kappa shape index (κ1) is 14.4. The second-order valence-corrected chi connectivity index (χ2v) is 6.51. The van der Waals surface area contributed by atoms with Crippen LogP contribution < -0.4 is 5.32 Å². The smallest absolute Gasteiger partial charge is 0.317 e. The molecule has 2 N–H and O–H groups in total. The summed E-state index contributed by atoms with van der Waals surface area (Å²) in [5, 5.41) is 16.0. The fourth-order valence-corrected chi connectivity index (χ4v) is 3.88.